The Morgan fingerprint density at radius 2 is 1.83 bits per heavy atom. The molecule has 1 aromatic carbocycles. The van der Waals surface area contributed by atoms with Gasteiger partial charge in [0, 0.05) is 6.20 Å². The number of aromatic hydroxyl groups is 1. The number of pyridine rings is 1. The third-order valence-corrected chi connectivity index (χ3v) is 5.74. The summed E-state index contributed by atoms with van der Waals surface area (Å²) in [5.74, 6) is -2.05. The van der Waals surface area contributed by atoms with Gasteiger partial charge < -0.3 is 10.2 Å². The Balaban J connectivity index is 1.91. The topological polar surface area (TPSA) is 104 Å². The number of aliphatic hydroxyl groups excluding tert-OH is 1. The fourth-order valence-corrected chi connectivity index (χ4v) is 4.31. The molecule has 1 atom stereocenters. The molecule has 1 unspecified atom stereocenters. The number of phenolic OH excluding ortho intramolecular Hbond substituents is 1. The van der Waals surface area contributed by atoms with Gasteiger partial charge in [-0.1, -0.05) is 18.2 Å². The van der Waals surface area contributed by atoms with Crippen LogP contribution in [0.3, 0.4) is 0 Å². The zero-order valence-corrected chi connectivity index (χ0v) is 16.5. The molecule has 2 N–H and O–H groups in total. The lowest BCUT2D eigenvalue weighted by Crippen LogP contribution is -2.31. The van der Waals surface area contributed by atoms with Gasteiger partial charge in [-0.25, -0.2) is 4.98 Å². The molecular formula is C21H17N3O4S. The Morgan fingerprint density at radius 3 is 2.45 bits per heavy atom. The highest BCUT2D eigenvalue weighted by Crippen LogP contribution is 2.44. The molecular weight excluding hydrogens is 390 g/mol. The van der Waals surface area contributed by atoms with Gasteiger partial charge in [-0.05, 0) is 38.1 Å². The summed E-state index contributed by atoms with van der Waals surface area (Å²) in [6, 6.07) is 10.4. The third-order valence-electron chi connectivity index (χ3n) is 4.67. The number of rotatable bonds is 4. The van der Waals surface area contributed by atoms with E-state index in [2.05, 4.69) is 9.97 Å². The van der Waals surface area contributed by atoms with Gasteiger partial charge >= 0.3 is 0 Å². The van der Waals surface area contributed by atoms with E-state index in [0.29, 0.717) is 21.3 Å². The van der Waals surface area contributed by atoms with Gasteiger partial charge in [0.05, 0.1) is 32.5 Å². The van der Waals surface area contributed by atoms with Crippen LogP contribution in [0.4, 0.5) is 5.69 Å². The second-order valence-electron chi connectivity index (χ2n) is 6.56. The standard InChI is InChI=1S/C21H17N3O4S/c1-11-20(29-12(2)23-11)18(26)16-17(13-7-5-6-10-22-13)24(21(28)19(16)27)14-8-3-4-9-15(14)25/h3-10,17,25,27H,1-2H3. The van der Waals surface area contributed by atoms with Gasteiger partial charge in [-0.3, -0.25) is 19.5 Å². The summed E-state index contributed by atoms with van der Waals surface area (Å²) in [6.45, 7) is 3.49. The zero-order chi connectivity index (χ0) is 20.7. The molecule has 3 aromatic rings. The summed E-state index contributed by atoms with van der Waals surface area (Å²) in [6.07, 6.45) is 1.54. The molecule has 1 aliphatic rings. The third kappa shape index (κ3) is 3.07. The average Bonchev–Trinajstić information content (AvgIpc) is 3.18. The van der Waals surface area contributed by atoms with Crippen LogP contribution in [0, 0.1) is 13.8 Å². The number of nitrogens with zero attached hydrogens (tertiary/aromatic N) is 3. The number of carbonyl (C=O) groups excluding carboxylic acids is 2. The van der Waals surface area contributed by atoms with Crippen molar-refractivity contribution in [2.24, 2.45) is 0 Å². The van der Waals surface area contributed by atoms with Crippen LogP contribution in [-0.4, -0.2) is 31.9 Å². The number of hydrogen-bond acceptors (Lipinski definition) is 7. The Kier molecular flexibility index (Phi) is 4.63. The number of carbonyl (C=O) groups is 2. The van der Waals surface area contributed by atoms with Gasteiger partial charge in [0.1, 0.15) is 11.8 Å². The number of aromatic nitrogens is 2. The largest absolute Gasteiger partial charge is 0.506 e. The number of aliphatic hydroxyl groups is 1. The number of Topliss-reactive ketones (excluding diaryl/α,β-unsaturated/α-hetero) is 1. The number of anilines is 1. The van der Waals surface area contributed by atoms with Crippen LogP contribution >= 0.6 is 11.3 Å². The minimum Gasteiger partial charge on any atom is -0.506 e. The van der Waals surface area contributed by atoms with Crippen LogP contribution in [0.2, 0.25) is 0 Å². The Morgan fingerprint density at radius 1 is 1.10 bits per heavy atom. The predicted molar refractivity (Wildman–Crippen MR) is 108 cm³/mol. The zero-order valence-electron chi connectivity index (χ0n) is 15.7. The number of thiazole rings is 1. The van der Waals surface area contributed by atoms with Crippen LogP contribution in [-0.2, 0) is 4.79 Å². The number of phenols is 1. The van der Waals surface area contributed by atoms with E-state index in [4.69, 9.17) is 0 Å². The fraction of sp³-hybridized carbons (Fsp3) is 0.143. The lowest BCUT2D eigenvalue weighted by molar-refractivity contribution is -0.117. The molecule has 0 radical (unpaired) electrons. The minimum atomic E-state index is -0.980. The van der Waals surface area contributed by atoms with Crippen molar-refractivity contribution in [3.05, 3.63) is 81.3 Å². The maximum atomic E-state index is 13.4. The van der Waals surface area contributed by atoms with E-state index in [-0.39, 0.29) is 17.0 Å². The van der Waals surface area contributed by atoms with Crippen LogP contribution in [0.1, 0.15) is 32.1 Å². The SMILES string of the molecule is Cc1nc(C)c(C(=O)C2=C(O)C(=O)N(c3ccccc3O)C2c2ccccn2)s1. The van der Waals surface area contributed by atoms with Crippen molar-refractivity contribution in [2.45, 2.75) is 19.9 Å². The van der Waals surface area contributed by atoms with Crippen LogP contribution in [0.25, 0.3) is 0 Å². The molecule has 0 aliphatic carbocycles. The fourth-order valence-electron chi connectivity index (χ4n) is 3.44. The molecule has 3 heterocycles. The molecule has 4 rings (SSSR count). The molecule has 0 saturated carbocycles. The number of amides is 1. The first-order valence-electron chi connectivity index (χ1n) is 8.84. The summed E-state index contributed by atoms with van der Waals surface area (Å²) in [5, 5.41) is 21.7. The van der Waals surface area contributed by atoms with E-state index >= 15 is 0 Å². The van der Waals surface area contributed by atoms with Crippen molar-refractivity contribution in [3.63, 3.8) is 0 Å². The Bertz CT molecular complexity index is 1150. The van der Waals surface area contributed by atoms with Crippen molar-refractivity contribution in [2.75, 3.05) is 4.90 Å². The highest BCUT2D eigenvalue weighted by molar-refractivity contribution is 7.14. The van der Waals surface area contributed by atoms with E-state index in [9.17, 15) is 19.8 Å². The molecule has 8 heteroatoms. The van der Waals surface area contributed by atoms with Crippen LogP contribution in [0.5, 0.6) is 5.75 Å². The van der Waals surface area contributed by atoms with E-state index in [1.807, 2.05) is 0 Å². The number of ketones is 1. The lowest BCUT2D eigenvalue weighted by Gasteiger charge is -2.26. The summed E-state index contributed by atoms with van der Waals surface area (Å²) in [7, 11) is 0. The Hall–Kier alpha value is -3.52. The van der Waals surface area contributed by atoms with E-state index in [0.717, 1.165) is 0 Å². The van der Waals surface area contributed by atoms with Crippen molar-refractivity contribution < 1.29 is 19.8 Å². The maximum absolute atomic E-state index is 13.4. The van der Waals surface area contributed by atoms with Gasteiger partial charge in [-0.15, -0.1) is 11.3 Å². The summed E-state index contributed by atoms with van der Waals surface area (Å²) < 4.78 is 0. The first-order valence-corrected chi connectivity index (χ1v) is 9.66. The molecule has 146 valence electrons. The predicted octanol–water partition coefficient (Wildman–Crippen LogP) is 3.64. The van der Waals surface area contributed by atoms with Gasteiger partial charge in [0.2, 0.25) is 5.78 Å². The van der Waals surface area contributed by atoms with Crippen molar-refractivity contribution in [3.8, 4) is 5.75 Å². The van der Waals surface area contributed by atoms with E-state index in [1.54, 1.807) is 56.4 Å². The number of benzene rings is 1. The molecule has 1 amide bonds. The quantitative estimate of drug-likeness (QED) is 0.640. The molecule has 1 aliphatic heterocycles. The highest BCUT2D eigenvalue weighted by atomic mass is 32.1. The van der Waals surface area contributed by atoms with E-state index < -0.39 is 23.5 Å². The molecule has 29 heavy (non-hydrogen) atoms. The molecule has 0 fully saturated rings. The van der Waals surface area contributed by atoms with Gasteiger partial charge in [0.15, 0.2) is 5.76 Å². The first-order chi connectivity index (χ1) is 13.9. The van der Waals surface area contributed by atoms with Crippen molar-refractivity contribution in [1.82, 2.24) is 9.97 Å². The lowest BCUT2D eigenvalue weighted by atomic mass is 9.98. The maximum Gasteiger partial charge on any atom is 0.294 e. The number of para-hydroxylation sites is 2. The second-order valence-corrected chi connectivity index (χ2v) is 7.76. The molecule has 7 nitrogen and oxygen atoms in total. The van der Waals surface area contributed by atoms with Gasteiger partial charge in [0.25, 0.3) is 5.91 Å². The number of hydrogen-bond donors (Lipinski definition) is 2. The van der Waals surface area contributed by atoms with E-state index in [1.165, 1.54) is 22.3 Å². The summed E-state index contributed by atoms with van der Waals surface area (Å²) in [5.41, 5.74) is 1.03. The summed E-state index contributed by atoms with van der Waals surface area (Å²) >= 11 is 1.20. The number of aryl methyl sites for hydroxylation is 2. The van der Waals surface area contributed by atoms with Gasteiger partial charge in [-0.2, -0.15) is 0 Å². The normalized spacial score (nSPS) is 16.6. The Labute approximate surface area is 170 Å². The second kappa shape index (κ2) is 7.14. The smallest absolute Gasteiger partial charge is 0.294 e. The summed E-state index contributed by atoms with van der Waals surface area (Å²) in [4.78, 5) is 36.5. The first kappa shape index (κ1) is 18.8. The monoisotopic (exact) mass is 407 g/mol. The minimum absolute atomic E-state index is 0.0799. The highest BCUT2D eigenvalue weighted by Gasteiger charge is 2.46. The van der Waals surface area contributed by atoms with Crippen LogP contribution < -0.4 is 4.90 Å². The van der Waals surface area contributed by atoms with Crippen molar-refractivity contribution >= 4 is 28.7 Å². The molecule has 0 bridgehead atoms. The van der Waals surface area contributed by atoms with Crippen molar-refractivity contribution in [1.29, 1.82) is 0 Å². The van der Waals surface area contributed by atoms with Crippen LogP contribution in [0.15, 0.2) is 60.0 Å². The molecule has 0 saturated heterocycles. The molecule has 2 aromatic heterocycles. The average molecular weight is 407 g/mol. The molecule has 0 spiro atoms.